The molecule has 0 aliphatic carbocycles. The number of nitrogens with two attached hydrogens (primary N) is 1. The second kappa shape index (κ2) is 9.04. The highest BCUT2D eigenvalue weighted by molar-refractivity contribution is 5.74. The second-order valence-corrected chi connectivity index (χ2v) is 5.86. The molecule has 2 aromatic carbocycles. The lowest BCUT2D eigenvalue weighted by molar-refractivity contribution is -0.146. The third kappa shape index (κ3) is 5.07. The summed E-state index contributed by atoms with van der Waals surface area (Å²) in [5.41, 5.74) is 9.75. The average Bonchev–Trinajstić information content (AvgIpc) is 2.61. The standard InChI is InChI=1S/C21H25NO2/c1-3-17(21(23)24-4-2)15-20(22)14-16-10-12-19(13-11-16)18-8-6-5-7-9-18/h3,5-13,17,20H,1,4,14-15,22H2,2H3/t17-,20-/m1/s1. The third-order valence-electron chi connectivity index (χ3n) is 3.99. The van der Waals surface area contributed by atoms with Crippen LogP contribution in [0, 0.1) is 5.92 Å². The summed E-state index contributed by atoms with van der Waals surface area (Å²) < 4.78 is 5.04. The van der Waals surface area contributed by atoms with E-state index in [9.17, 15) is 4.79 Å². The molecule has 0 bridgehead atoms. The van der Waals surface area contributed by atoms with Gasteiger partial charge in [0.1, 0.15) is 0 Å². The summed E-state index contributed by atoms with van der Waals surface area (Å²) in [5.74, 6) is -0.592. The van der Waals surface area contributed by atoms with Crippen LogP contribution in [0.3, 0.4) is 0 Å². The van der Waals surface area contributed by atoms with E-state index in [-0.39, 0.29) is 17.9 Å². The minimum Gasteiger partial charge on any atom is -0.466 e. The van der Waals surface area contributed by atoms with E-state index >= 15 is 0 Å². The monoisotopic (exact) mass is 323 g/mol. The fraction of sp³-hybridized carbons (Fsp3) is 0.286. The SMILES string of the molecule is C=C[C@H](C[C@H](N)Cc1ccc(-c2ccccc2)cc1)C(=O)OCC. The Morgan fingerprint density at radius 3 is 2.33 bits per heavy atom. The van der Waals surface area contributed by atoms with Crippen LogP contribution in [0.5, 0.6) is 0 Å². The van der Waals surface area contributed by atoms with Gasteiger partial charge in [-0.3, -0.25) is 4.79 Å². The van der Waals surface area contributed by atoms with Crippen LogP contribution in [0.1, 0.15) is 18.9 Å². The zero-order valence-electron chi connectivity index (χ0n) is 14.2. The van der Waals surface area contributed by atoms with Crippen molar-refractivity contribution in [1.82, 2.24) is 0 Å². The maximum absolute atomic E-state index is 11.8. The molecule has 0 heterocycles. The fourth-order valence-electron chi connectivity index (χ4n) is 2.71. The van der Waals surface area contributed by atoms with Gasteiger partial charge in [-0.15, -0.1) is 6.58 Å². The van der Waals surface area contributed by atoms with Gasteiger partial charge in [0, 0.05) is 6.04 Å². The number of hydrogen-bond donors (Lipinski definition) is 1. The van der Waals surface area contributed by atoms with Crippen LogP contribution < -0.4 is 5.73 Å². The Hall–Kier alpha value is -2.39. The number of ether oxygens (including phenoxy) is 1. The lowest BCUT2D eigenvalue weighted by atomic mass is 9.94. The molecule has 2 aromatic rings. The smallest absolute Gasteiger partial charge is 0.312 e. The molecule has 0 aromatic heterocycles. The highest BCUT2D eigenvalue weighted by Gasteiger charge is 2.19. The molecule has 0 saturated heterocycles. The summed E-state index contributed by atoms with van der Waals surface area (Å²) in [5, 5.41) is 0. The van der Waals surface area contributed by atoms with Crippen molar-refractivity contribution < 1.29 is 9.53 Å². The molecule has 0 aliphatic rings. The number of esters is 1. The van der Waals surface area contributed by atoms with E-state index in [4.69, 9.17) is 10.5 Å². The van der Waals surface area contributed by atoms with Gasteiger partial charge < -0.3 is 10.5 Å². The summed E-state index contributed by atoms with van der Waals surface area (Å²) >= 11 is 0. The van der Waals surface area contributed by atoms with Gasteiger partial charge in [0.2, 0.25) is 0 Å². The lowest BCUT2D eigenvalue weighted by Gasteiger charge is -2.17. The molecule has 2 atom stereocenters. The minimum absolute atomic E-state index is 0.111. The molecule has 3 nitrogen and oxygen atoms in total. The first-order valence-electron chi connectivity index (χ1n) is 8.33. The Morgan fingerprint density at radius 1 is 1.12 bits per heavy atom. The average molecular weight is 323 g/mol. The third-order valence-corrected chi connectivity index (χ3v) is 3.99. The van der Waals surface area contributed by atoms with Crippen molar-refractivity contribution in [2.45, 2.75) is 25.8 Å². The van der Waals surface area contributed by atoms with Gasteiger partial charge in [0.15, 0.2) is 0 Å². The Balaban J connectivity index is 1.95. The molecule has 0 saturated carbocycles. The number of rotatable bonds is 8. The largest absolute Gasteiger partial charge is 0.466 e. The van der Waals surface area contributed by atoms with Crippen LogP contribution in [-0.4, -0.2) is 18.6 Å². The normalized spacial score (nSPS) is 13.1. The highest BCUT2D eigenvalue weighted by Crippen LogP contribution is 2.20. The van der Waals surface area contributed by atoms with Gasteiger partial charge in [-0.1, -0.05) is 60.7 Å². The van der Waals surface area contributed by atoms with Crippen molar-refractivity contribution in [3.63, 3.8) is 0 Å². The zero-order chi connectivity index (χ0) is 17.4. The van der Waals surface area contributed by atoms with Crippen LogP contribution in [0.25, 0.3) is 11.1 Å². The first kappa shape index (κ1) is 18.0. The van der Waals surface area contributed by atoms with Gasteiger partial charge in [-0.05, 0) is 36.5 Å². The van der Waals surface area contributed by atoms with Crippen molar-refractivity contribution in [3.8, 4) is 11.1 Å². The van der Waals surface area contributed by atoms with Crippen molar-refractivity contribution >= 4 is 5.97 Å². The molecule has 0 spiro atoms. The van der Waals surface area contributed by atoms with E-state index < -0.39 is 0 Å². The topological polar surface area (TPSA) is 52.3 Å². The van der Waals surface area contributed by atoms with E-state index in [0.717, 1.165) is 12.0 Å². The molecular formula is C21H25NO2. The van der Waals surface area contributed by atoms with Crippen LogP contribution in [0.15, 0.2) is 67.3 Å². The van der Waals surface area contributed by atoms with Crippen LogP contribution in [-0.2, 0) is 16.0 Å². The molecule has 126 valence electrons. The van der Waals surface area contributed by atoms with E-state index in [1.807, 2.05) is 18.2 Å². The van der Waals surface area contributed by atoms with Crippen molar-refractivity contribution in [3.05, 3.63) is 72.8 Å². The van der Waals surface area contributed by atoms with Crippen molar-refractivity contribution in [2.24, 2.45) is 11.7 Å². The van der Waals surface area contributed by atoms with Gasteiger partial charge in [0.05, 0.1) is 12.5 Å². The Morgan fingerprint density at radius 2 is 1.75 bits per heavy atom. The number of benzene rings is 2. The molecule has 2 rings (SSSR count). The summed E-state index contributed by atoms with van der Waals surface area (Å²) in [6.45, 7) is 5.89. The molecule has 0 unspecified atom stereocenters. The summed E-state index contributed by atoms with van der Waals surface area (Å²) in [6.07, 6.45) is 2.89. The van der Waals surface area contributed by atoms with E-state index in [1.165, 1.54) is 11.1 Å². The first-order chi connectivity index (χ1) is 11.6. The molecule has 0 fully saturated rings. The predicted molar refractivity (Wildman–Crippen MR) is 98.5 cm³/mol. The minimum atomic E-state index is -0.344. The molecular weight excluding hydrogens is 298 g/mol. The Labute approximate surface area is 144 Å². The molecule has 3 heteroatoms. The second-order valence-electron chi connectivity index (χ2n) is 5.86. The molecule has 2 N–H and O–H groups in total. The van der Waals surface area contributed by atoms with Crippen LogP contribution in [0.4, 0.5) is 0 Å². The van der Waals surface area contributed by atoms with Gasteiger partial charge >= 0.3 is 5.97 Å². The van der Waals surface area contributed by atoms with Crippen LogP contribution in [0.2, 0.25) is 0 Å². The molecule has 0 radical (unpaired) electrons. The molecule has 0 aliphatic heterocycles. The predicted octanol–water partition coefficient (Wildman–Crippen LogP) is 3.98. The number of carbonyl (C=O) groups is 1. The van der Waals surface area contributed by atoms with E-state index in [2.05, 4.69) is 43.0 Å². The summed E-state index contributed by atoms with van der Waals surface area (Å²) in [6, 6.07) is 18.5. The van der Waals surface area contributed by atoms with E-state index in [0.29, 0.717) is 13.0 Å². The highest BCUT2D eigenvalue weighted by atomic mass is 16.5. The maximum Gasteiger partial charge on any atom is 0.312 e. The Bertz CT molecular complexity index is 649. The number of hydrogen-bond acceptors (Lipinski definition) is 3. The molecule has 24 heavy (non-hydrogen) atoms. The van der Waals surface area contributed by atoms with Gasteiger partial charge in [-0.2, -0.15) is 0 Å². The molecule has 0 amide bonds. The first-order valence-corrected chi connectivity index (χ1v) is 8.33. The van der Waals surface area contributed by atoms with Crippen molar-refractivity contribution in [1.29, 1.82) is 0 Å². The number of carbonyl (C=O) groups excluding carboxylic acids is 1. The lowest BCUT2D eigenvalue weighted by Crippen LogP contribution is -2.29. The maximum atomic E-state index is 11.8. The Kier molecular flexibility index (Phi) is 6.76. The summed E-state index contributed by atoms with van der Waals surface area (Å²) in [4.78, 5) is 11.8. The van der Waals surface area contributed by atoms with Gasteiger partial charge in [-0.25, -0.2) is 0 Å². The quantitative estimate of drug-likeness (QED) is 0.590. The van der Waals surface area contributed by atoms with Gasteiger partial charge in [0.25, 0.3) is 0 Å². The summed E-state index contributed by atoms with van der Waals surface area (Å²) in [7, 11) is 0. The van der Waals surface area contributed by atoms with Crippen LogP contribution >= 0.6 is 0 Å². The zero-order valence-corrected chi connectivity index (χ0v) is 14.2. The van der Waals surface area contributed by atoms with Crippen molar-refractivity contribution in [2.75, 3.05) is 6.61 Å². The fourth-order valence-corrected chi connectivity index (χ4v) is 2.71. The van der Waals surface area contributed by atoms with E-state index in [1.54, 1.807) is 13.0 Å².